The summed E-state index contributed by atoms with van der Waals surface area (Å²) in [5.74, 6) is 0.146. The van der Waals surface area contributed by atoms with Gasteiger partial charge in [0.1, 0.15) is 17.2 Å². The van der Waals surface area contributed by atoms with Gasteiger partial charge in [0.25, 0.3) is 0 Å². The van der Waals surface area contributed by atoms with Crippen LogP contribution in [0.25, 0.3) is 16.8 Å². The first-order valence-corrected chi connectivity index (χ1v) is 6.01. The lowest BCUT2D eigenvalue weighted by molar-refractivity contribution is 0.275. The van der Waals surface area contributed by atoms with E-state index >= 15 is 0 Å². The standard InChI is InChI=1S/C15H16O5/c1-8(17)3-9-4-10-5-11(20-2)6-13(18)14(10)15(19)12(9)7-16/h3-6,16-19H,7H2,1-2H3/b8-3-. The Morgan fingerprint density at radius 3 is 2.50 bits per heavy atom. The van der Waals surface area contributed by atoms with Crippen molar-refractivity contribution in [1.29, 1.82) is 0 Å². The molecule has 5 heteroatoms. The lowest BCUT2D eigenvalue weighted by atomic mass is 9.98. The summed E-state index contributed by atoms with van der Waals surface area (Å²) in [4.78, 5) is 0. The van der Waals surface area contributed by atoms with Crippen molar-refractivity contribution >= 4 is 16.8 Å². The number of hydrogen-bond donors (Lipinski definition) is 4. The highest BCUT2D eigenvalue weighted by Crippen LogP contribution is 2.40. The highest BCUT2D eigenvalue weighted by Gasteiger charge is 2.15. The molecule has 0 aliphatic heterocycles. The summed E-state index contributed by atoms with van der Waals surface area (Å²) in [6, 6.07) is 4.69. The van der Waals surface area contributed by atoms with Gasteiger partial charge in [-0.3, -0.25) is 0 Å². The summed E-state index contributed by atoms with van der Waals surface area (Å²) in [5, 5.41) is 39.7. The Morgan fingerprint density at radius 1 is 1.25 bits per heavy atom. The highest BCUT2D eigenvalue weighted by molar-refractivity contribution is 5.97. The zero-order valence-corrected chi connectivity index (χ0v) is 11.2. The Kier molecular flexibility index (Phi) is 3.72. The Morgan fingerprint density at radius 2 is 1.95 bits per heavy atom. The van der Waals surface area contributed by atoms with E-state index in [0.29, 0.717) is 16.7 Å². The van der Waals surface area contributed by atoms with Crippen LogP contribution in [0.1, 0.15) is 18.1 Å². The minimum absolute atomic E-state index is 0.0468. The number of phenolic OH excluding ortho intramolecular Hbond substituents is 1. The smallest absolute Gasteiger partial charge is 0.133 e. The van der Waals surface area contributed by atoms with Gasteiger partial charge in [0.05, 0.1) is 24.9 Å². The molecule has 0 heterocycles. The highest BCUT2D eigenvalue weighted by atomic mass is 16.5. The summed E-state index contributed by atoms with van der Waals surface area (Å²) >= 11 is 0. The van der Waals surface area contributed by atoms with Crippen molar-refractivity contribution in [1.82, 2.24) is 0 Å². The molecule has 0 atom stereocenters. The molecule has 20 heavy (non-hydrogen) atoms. The molecule has 0 saturated heterocycles. The molecule has 0 aromatic heterocycles. The maximum absolute atomic E-state index is 10.2. The van der Waals surface area contributed by atoms with Crippen LogP contribution in [0.4, 0.5) is 0 Å². The van der Waals surface area contributed by atoms with Gasteiger partial charge < -0.3 is 25.2 Å². The molecule has 0 fully saturated rings. The fraction of sp³-hybridized carbons (Fsp3) is 0.200. The number of aliphatic hydroxyl groups excluding tert-OH is 2. The molecular weight excluding hydrogens is 260 g/mol. The number of ether oxygens (including phenoxy) is 1. The van der Waals surface area contributed by atoms with Gasteiger partial charge in [-0.25, -0.2) is 0 Å². The number of benzene rings is 2. The first-order valence-electron chi connectivity index (χ1n) is 6.01. The van der Waals surface area contributed by atoms with E-state index in [1.807, 2.05) is 0 Å². The molecule has 0 aliphatic carbocycles. The maximum atomic E-state index is 10.2. The molecule has 2 aromatic carbocycles. The van der Waals surface area contributed by atoms with Gasteiger partial charge in [-0.1, -0.05) is 0 Å². The molecule has 0 spiro atoms. The van der Waals surface area contributed by atoms with Crippen molar-refractivity contribution in [3.8, 4) is 17.2 Å². The average Bonchev–Trinajstić information content (AvgIpc) is 2.37. The van der Waals surface area contributed by atoms with E-state index in [-0.39, 0.29) is 28.2 Å². The molecule has 2 aromatic rings. The van der Waals surface area contributed by atoms with Crippen molar-refractivity contribution in [3.63, 3.8) is 0 Å². The lowest BCUT2D eigenvalue weighted by Gasteiger charge is -2.13. The van der Waals surface area contributed by atoms with Gasteiger partial charge >= 0.3 is 0 Å². The Bertz CT molecular complexity index is 684. The third-order valence-electron chi connectivity index (χ3n) is 3.06. The molecular formula is C15H16O5. The first kappa shape index (κ1) is 14.0. The van der Waals surface area contributed by atoms with E-state index in [1.165, 1.54) is 26.2 Å². The van der Waals surface area contributed by atoms with Gasteiger partial charge in [-0.15, -0.1) is 0 Å². The lowest BCUT2D eigenvalue weighted by Crippen LogP contribution is -1.93. The van der Waals surface area contributed by atoms with E-state index in [9.17, 15) is 20.4 Å². The van der Waals surface area contributed by atoms with E-state index in [1.54, 1.807) is 12.1 Å². The van der Waals surface area contributed by atoms with E-state index in [0.717, 1.165) is 0 Å². The number of hydrogen-bond acceptors (Lipinski definition) is 5. The summed E-state index contributed by atoms with van der Waals surface area (Å²) in [6.45, 7) is 1.08. The van der Waals surface area contributed by atoms with Gasteiger partial charge in [0.2, 0.25) is 0 Å². The fourth-order valence-electron chi connectivity index (χ4n) is 2.17. The van der Waals surface area contributed by atoms with Crippen molar-refractivity contribution in [2.75, 3.05) is 7.11 Å². The predicted octanol–water partition coefficient (Wildman–Crippen LogP) is 2.67. The van der Waals surface area contributed by atoms with Crippen molar-refractivity contribution in [2.24, 2.45) is 0 Å². The Balaban J connectivity index is 2.86. The first-order chi connectivity index (χ1) is 9.47. The van der Waals surface area contributed by atoms with Crippen LogP contribution < -0.4 is 4.74 Å². The summed E-state index contributed by atoms with van der Waals surface area (Å²) in [7, 11) is 1.47. The monoisotopic (exact) mass is 276 g/mol. The number of aromatic hydroxyl groups is 2. The topological polar surface area (TPSA) is 90.2 Å². The maximum Gasteiger partial charge on any atom is 0.133 e. The number of methoxy groups -OCH3 is 1. The number of aliphatic hydroxyl groups is 2. The normalized spacial score (nSPS) is 11.8. The molecule has 0 aliphatic rings. The number of fused-ring (bicyclic) bond motifs is 1. The van der Waals surface area contributed by atoms with Crippen LogP contribution in [0.5, 0.6) is 17.2 Å². The van der Waals surface area contributed by atoms with Crippen LogP contribution in [-0.2, 0) is 6.61 Å². The van der Waals surface area contributed by atoms with Crippen molar-refractivity contribution in [2.45, 2.75) is 13.5 Å². The molecule has 0 radical (unpaired) electrons. The van der Waals surface area contributed by atoms with Crippen LogP contribution in [0, 0.1) is 0 Å². The van der Waals surface area contributed by atoms with Crippen LogP contribution in [0.2, 0.25) is 0 Å². The van der Waals surface area contributed by atoms with Crippen LogP contribution in [0.3, 0.4) is 0 Å². The number of allylic oxidation sites excluding steroid dienone is 1. The SMILES string of the molecule is COc1cc(O)c2c(O)c(CO)c(/C=C(/C)O)cc2c1. The van der Waals surface area contributed by atoms with E-state index in [2.05, 4.69) is 0 Å². The molecule has 0 amide bonds. The van der Waals surface area contributed by atoms with Crippen LogP contribution in [-0.4, -0.2) is 27.5 Å². The second kappa shape index (κ2) is 5.30. The van der Waals surface area contributed by atoms with Crippen molar-refractivity contribution in [3.05, 3.63) is 35.1 Å². The predicted molar refractivity (Wildman–Crippen MR) is 76.0 cm³/mol. The molecule has 0 unspecified atom stereocenters. The summed E-state index contributed by atoms with van der Waals surface area (Å²) < 4.78 is 5.06. The number of phenols is 2. The Hall–Kier alpha value is -2.40. The quantitative estimate of drug-likeness (QED) is 0.647. The van der Waals surface area contributed by atoms with Gasteiger partial charge in [-0.05, 0) is 36.1 Å². The second-order valence-electron chi connectivity index (χ2n) is 4.48. The minimum atomic E-state index is -0.410. The third kappa shape index (κ3) is 2.35. The molecule has 5 nitrogen and oxygen atoms in total. The summed E-state index contributed by atoms with van der Waals surface area (Å²) in [6.07, 6.45) is 1.43. The van der Waals surface area contributed by atoms with Crippen LogP contribution in [0.15, 0.2) is 24.0 Å². The Labute approximate surface area is 116 Å². The van der Waals surface area contributed by atoms with E-state index in [4.69, 9.17) is 4.74 Å². The number of rotatable bonds is 3. The zero-order chi connectivity index (χ0) is 14.9. The van der Waals surface area contributed by atoms with Gasteiger partial charge in [-0.2, -0.15) is 0 Å². The van der Waals surface area contributed by atoms with Gasteiger partial charge in [0.15, 0.2) is 0 Å². The molecule has 2 rings (SSSR count). The largest absolute Gasteiger partial charge is 0.513 e. The van der Waals surface area contributed by atoms with Crippen LogP contribution >= 0.6 is 0 Å². The zero-order valence-electron chi connectivity index (χ0n) is 11.2. The fourth-order valence-corrected chi connectivity index (χ4v) is 2.17. The molecule has 4 N–H and O–H groups in total. The third-order valence-corrected chi connectivity index (χ3v) is 3.06. The average molecular weight is 276 g/mol. The molecule has 0 saturated carbocycles. The summed E-state index contributed by atoms with van der Waals surface area (Å²) in [5.41, 5.74) is 0.719. The van der Waals surface area contributed by atoms with Gasteiger partial charge in [0, 0.05) is 11.6 Å². The van der Waals surface area contributed by atoms with E-state index < -0.39 is 6.61 Å². The molecule has 106 valence electrons. The minimum Gasteiger partial charge on any atom is -0.513 e. The molecule has 0 bridgehead atoms. The van der Waals surface area contributed by atoms with Crippen molar-refractivity contribution < 1.29 is 25.2 Å². The second-order valence-corrected chi connectivity index (χ2v) is 4.48.